The lowest BCUT2D eigenvalue weighted by Gasteiger charge is -2.29. The van der Waals surface area contributed by atoms with E-state index in [1.807, 2.05) is 20.8 Å². The van der Waals surface area contributed by atoms with E-state index in [0.29, 0.717) is 31.1 Å². The molecule has 0 radical (unpaired) electrons. The number of carbonyl (C=O) groups excluding carboxylic acids is 2. The third kappa shape index (κ3) is 6.35. The predicted molar refractivity (Wildman–Crippen MR) is 108 cm³/mol. The molecule has 1 aliphatic heterocycles. The summed E-state index contributed by atoms with van der Waals surface area (Å²) in [6, 6.07) is 4.26. The second kappa shape index (κ2) is 9.96. The van der Waals surface area contributed by atoms with E-state index < -0.39 is 28.3 Å². The van der Waals surface area contributed by atoms with Crippen molar-refractivity contribution in [2.45, 2.75) is 33.2 Å². The molecule has 2 rings (SSSR count). The summed E-state index contributed by atoms with van der Waals surface area (Å²) in [7, 11) is -1.63. The first kappa shape index (κ1) is 23.0. The molecular weight excluding hydrogens is 398 g/mol. The second-order valence-corrected chi connectivity index (χ2v) is 9.60. The summed E-state index contributed by atoms with van der Waals surface area (Å²) in [5.74, 6) is 0.0333. The molecule has 1 aromatic carbocycles. The molecule has 0 spiro atoms. The van der Waals surface area contributed by atoms with E-state index in [-0.39, 0.29) is 29.0 Å². The molecule has 29 heavy (non-hydrogen) atoms. The first-order valence-electron chi connectivity index (χ1n) is 9.64. The molecule has 9 heteroatoms. The van der Waals surface area contributed by atoms with Crippen molar-refractivity contribution >= 4 is 21.7 Å². The van der Waals surface area contributed by atoms with Crippen LogP contribution in [0.4, 0.5) is 0 Å². The maximum atomic E-state index is 12.7. The van der Waals surface area contributed by atoms with Gasteiger partial charge in [-0.1, -0.05) is 13.8 Å². The average Bonchev–Trinajstić information content (AvgIpc) is 3.03. The highest BCUT2D eigenvalue weighted by molar-refractivity contribution is 7.91. The molecule has 8 nitrogen and oxygen atoms in total. The summed E-state index contributed by atoms with van der Waals surface area (Å²) in [5, 5.41) is 0. The molecule has 1 aromatic rings. The van der Waals surface area contributed by atoms with Crippen LogP contribution in [0.3, 0.4) is 0 Å². The van der Waals surface area contributed by atoms with Crippen LogP contribution in [0.2, 0.25) is 0 Å². The SMILES string of the molecule is CCOc1cc(C(=O)OCC(=O)N(CC(C)C)[C@@H]2CCS(=O)(=O)C2)ccc1OC. The lowest BCUT2D eigenvalue weighted by Crippen LogP contribution is -2.45. The largest absolute Gasteiger partial charge is 0.493 e. The van der Waals surface area contributed by atoms with Crippen molar-refractivity contribution in [1.29, 1.82) is 0 Å². The number of nitrogens with zero attached hydrogens (tertiary/aromatic N) is 1. The van der Waals surface area contributed by atoms with Crippen LogP contribution in [0.1, 0.15) is 37.6 Å². The molecule has 0 aliphatic carbocycles. The zero-order valence-corrected chi connectivity index (χ0v) is 18.2. The Morgan fingerprint density at radius 2 is 1.97 bits per heavy atom. The van der Waals surface area contributed by atoms with Gasteiger partial charge in [-0.2, -0.15) is 0 Å². The van der Waals surface area contributed by atoms with Gasteiger partial charge in [0.05, 0.1) is 30.8 Å². The van der Waals surface area contributed by atoms with Crippen molar-refractivity contribution in [1.82, 2.24) is 4.90 Å². The van der Waals surface area contributed by atoms with Gasteiger partial charge >= 0.3 is 5.97 Å². The number of hydrogen-bond acceptors (Lipinski definition) is 7. The number of esters is 1. The number of benzene rings is 1. The number of sulfone groups is 1. The van der Waals surface area contributed by atoms with Crippen LogP contribution in [0.5, 0.6) is 11.5 Å². The van der Waals surface area contributed by atoms with E-state index in [9.17, 15) is 18.0 Å². The molecule has 1 atom stereocenters. The summed E-state index contributed by atoms with van der Waals surface area (Å²) in [6.45, 7) is 6.08. The molecule has 1 aliphatic rings. The molecule has 1 heterocycles. The highest BCUT2D eigenvalue weighted by Crippen LogP contribution is 2.28. The summed E-state index contributed by atoms with van der Waals surface area (Å²) in [6.07, 6.45) is 0.408. The molecular formula is C20H29NO7S. The van der Waals surface area contributed by atoms with Crippen molar-refractivity contribution < 1.29 is 32.2 Å². The maximum Gasteiger partial charge on any atom is 0.338 e. The summed E-state index contributed by atoms with van der Waals surface area (Å²) in [5.41, 5.74) is 0.237. The van der Waals surface area contributed by atoms with Gasteiger partial charge in [0, 0.05) is 12.6 Å². The number of ether oxygens (including phenoxy) is 3. The third-order valence-electron chi connectivity index (χ3n) is 4.56. The van der Waals surface area contributed by atoms with Crippen LogP contribution in [-0.2, 0) is 19.4 Å². The van der Waals surface area contributed by atoms with Crippen molar-refractivity contribution in [2.24, 2.45) is 5.92 Å². The van der Waals surface area contributed by atoms with Crippen LogP contribution in [-0.4, -0.2) is 69.6 Å². The molecule has 0 N–H and O–H groups in total. The Labute approximate surface area is 172 Å². The van der Waals surface area contributed by atoms with Gasteiger partial charge in [-0.15, -0.1) is 0 Å². The van der Waals surface area contributed by atoms with E-state index in [1.54, 1.807) is 6.07 Å². The van der Waals surface area contributed by atoms with E-state index in [1.165, 1.54) is 24.1 Å². The predicted octanol–water partition coefficient (Wildman–Crippen LogP) is 1.92. The van der Waals surface area contributed by atoms with E-state index >= 15 is 0 Å². The second-order valence-electron chi connectivity index (χ2n) is 7.37. The van der Waals surface area contributed by atoms with Gasteiger partial charge in [-0.3, -0.25) is 4.79 Å². The highest BCUT2D eigenvalue weighted by Gasteiger charge is 2.35. The monoisotopic (exact) mass is 427 g/mol. The molecule has 1 amide bonds. The topological polar surface area (TPSA) is 99.2 Å². The van der Waals surface area contributed by atoms with E-state index in [2.05, 4.69) is 0 Å². The summed E-state index contributed by atoms with van der Waals surface area (Å²) < 4.78 is 39.4. The van der Waals surface area contributed by atoms with Gasteiger partial charge in [0.15, 0.2) is 27.9 Å². The Morgan fingerprint density at radius 1 is 1.24 bits per heavy atom. The Kier molecular flexibility index (Phi) is 7.89. The number of methoxy groups -OCH3 is 1. The highest BCUT2D eigenvalue weighted by atomic mass is 32.2. The minimum absolute atomic E-state index is 0.0460. The molecule has 0 unspecified atom stereocenters. The number of amides is 1. The van der Waals surface area contributed by atoms with Gasteiger partial charge in [0.2, 0.25) is 0 Å². The van der Waals surface area contributed by atoms with Gasteiger partial charge in [0.1, 0.15) is 0 Å². The van der Waals surface area contributed by atoms with E-state index in [4.69, 9.17) is 14.2 Å². The zero-order valence-electron chi connectivity index (χ0n) is 17.3. The molecule has 1 saturated heterocycles. The van der Waals surface area contributed by atoms with Crippen molar-refractivity contribution in [2.75, 3.05) is 38.4 Å². The van der Waals surface area contributed by atoms with E-state index in [0.717, 1.165) is 0 Å². The number of hydrogen-bond donors (Lipinski definition) is 0. The fourth-order valence-electron chi connectivity index (χ4n) is 3.23. The zero-order chi connectivity index (χ0) is 21.6. The Hall–Kier alpha value is -2.29. The van der Waals surface area contributed by atoms with Gasteiger partial charge in [-0.25, -0.2) is 13.2 Å². The quantitative estimate of drug-likeness (QED) is 0.555. The normalized spacial score (nSPS) is 17.8. The van der Waals surface area contributed by atoms with Crippen molar-refractivity contribution in [3.8, 4) is 11.5 Å². The number of rotatable bonds is 9. The Morgan fingerprint density at radius 3 is 2.52 bits per heavy atom. The lowest BCUT2D eigenvalue weighted by atomic mass is 10.1. The standard InChI is InChI=1S/C20H29NO7S/c1-5-27-18-10-15(6-7-17(18)26-4)20(23)28-12-19(22)21(11-14(2)3)16-8-9-29(24,25)13-16/h6-7,10,14,16H,5,8-9,11-13H2,1-4H3/t16-/m1/s1. The number of carbonyl (C=O) groups is 2. The minimum atomic E-state index is -3.13. The van der Waals surface area contributed by atoms with Gasteiger partial charge < -0.3 is 19.1 Å². The van der Waals surface area contributed by atoms with Crippen molar-refractivity contribution in [3.05, 3.63) is 23.8 Å². The molecule has 0 saturated carbocycles. The van der Waals surface area contributed by atoms with Gasteiger partial charge in [-0.05, 0) is 37.5 Å². The molecule has 0 bridgehead atoms. The first-order valence-corrected chi connectivity index (χ1v) is 11.5. The van der Waals surface area contributed by atoms with Crippen LogP contribution in [0.15, 0.2) is 18.2 Å². The van der Waals surface area contributed by atoms with Crippen LogP contribution in [0, 0.1) is 5.92 Å². The maximum absolute atomic E-state index is 12.7. The summed E-state index contributed by atoms with van der Waals surface area (Å²) >= 11 is 0. The molecule has 0 aromatic heterocycles. The molecule has 162 valence electrons. The van der Waals surface area contributed by atoms with Crippen LogP contribution >= 0.6 is 0 Å². The lowest BCUT2D eigenvalue weighted by molar-refractivity contribution is -0.137. The fourth-order valence-corrected chi connectivity index (χ4v) is 4.97. The third-order valence-corrected chi connectivity index (χ3v) is 6.31. The summed E-state index contributed by atoms with van der Waals surface area (Å²) in [4.78, 5) is 26.6. The molecule has 1 fully saturated rings. The fraction of sp³-hybridized carbons (Fsp3) is 0.600. The Bertz CT molecular complexity index is 835. The van der Waals surface area contributed by atoms with Gasteiger partial charge in [0.25, 0.3) is 5.91 Å². The Balaban J connectivity index is 2.05. The first-order chi connectivity index (χ1) is 13.7. The van der Waals surface area contributed by atoms with Crippen LogP contribution in [0.25, 0.3) is 0 Å². The average molecular weight is 428 g/mol. The minimum Gasteiger partial charge on any atom is -0.493 e. The van der Waals surface area contributed by atoms with Crippen molar-refractivity contribution in [3.63, 3.8) is 0 Å². The smallest absolute Gasteiger partial charge is 0.338 e. The van der Waals surface area contributed by atoms with Crippen LogP contribution < -0.4 is 9.47 Å².